The van der Waals surface area contributed by atoms with Crippen LogP contribution in [0.15, 0.2) is 82.9 Å². The molecule has 1 atom stereocenters. The van der Waals surface area contributed by atoms with Crippen molar-refractivity contribution in [2.45, 2.75) is 39.7 Å². The fourth-order valence-electron chi connectivity index (χ4n) is 3.95. The molecule has 3 aromatic rings. The molecular weight excluding hydrogens is 368 g/mol. The third-order valence-electron chi connectivity index (χ3n) is 5.68. The van der Waals surface area contributed by atoms with Gasteiger partial charge in [0.25, 0.3) is 0 Å². The minimum atomic E-state index is 0.258. The molecule has 3 nitrogen and oxygen atoms in total. The predicted molar refractivity (Wildman–Crippen MR) is 125 cm³/mol. The van der Waals surface area contributed by atoms with Gasteiger partial charge in [-0.05, 0) is 67.0 Å². The van der Waals surface area contributed by atoms with E-state index in [0.29, 0.717) is 6.61 Å². The molecule has 3 aromatic carbocycles. The average molecular weight is 397 g/mol. The van der Waals surface area contributed by atoms with Crippen LogP contribution in [-0.4, -0.2) is 18.0 Å². The zero-order chi connectivity index (χ0) is 20.9. The lowest BCUT2D eigenvalue weighted by Crippen LogP contribution is -1.98. The molecule has 0 saturated heterocycles. The Morgan fingerprint density at radius 3 is 2.30 bits per heavy atom. The second kappa shape index (κ2) is 9.08. The van der Waals surface area contributed by atoms with E-state index in [4.69, 9.17) is 9.83 Å². The molecule has 1 heterocycles. The van der Waals surface area contributed by atoms with E-state index in [1.54, 1.807) is 0 Å². The maximum absolute atomic E-state index is 5.15. The van der Waals surface area contributed by atoms with Crippen molar-refractivity contribution in [1.29, 1.82) is 0 Å². The largest absolute Gasteiger partial charge is 0.396 e. The number of rotatable bonds is 6. The Kier molecular flexibility index (Phi) is 6.08. The Labute approximate surface area is 179 Å². The standard InChI is InChI=1S/C27H28N2O/c1-4-30-29-20(3)21-9-11-22(12-10-21)23-13-15-24(16-14-23)26-17-18-27(28-26)25-8-6-5-7-19(25)2/h5-16,26H,4,17-18H2,1-3H3/b29-20-. The van der Waals surface area contributed by atoms with Gasteiger partial charge in [0.05, 0.1) is 11.8 Å². The van der Waals surface area contributed by atoms with Crippen LogP contribution in [0.3, 0.4) is 0 Å². The maximum atomic E-state index is 5.15. The van der Waals surface area contributed by atoms with Gasteiger partial charge in [-0.25, -0.2) is 0 Å². The summed E-state index contributed by atoms with van der Waals surface area (Å²) in [6.45, 7) is 6.64. The molecule has 0 spiro atoms. The first-order valence-electron chi connectivity index (χ1n) is 10.7. The van der Waals surface area contributed by atoms with E-state index in [2.05, 4.69) is 84.9 Å². The first kappa shape index (κ1) is 20.1. The quantitative estimate of drug-likeness (QED) is 0.335. The van der Waals surface area contributed by atoms with E-state index in [9.17, 15) is 0 Å². The second-order valence-corrected chi connectivity index (χ2v) is 7.74. The molecule has 0 amide bonds. The lowest BCUT2D eigenvalue weighted by Gasteiger charge is -2.09. The molecule has 0 saturated carbocycles. The Morgan fingerprint density at radius 1 is 0.967 bits per heavy atom. The number of nitrogens with zero attached hydrogens (tertiary/aromatic N) is 2. The van der Waals surface area contributed by atoms with Crippen LogP contribution >= 0.6 is 0 Å². The highest BCUT2D eigenvalue weighted by Gasteiger charge is 2.21. The van der Waals surface area contributed by atoms with Crippen molar-refractivity contribution in [3.8, 4) is 11.1 Å². The van der Waals surface area contributed by atoms with E-state index < -0.39 is 0 Å². The van der Waals surface area contributed by atoms with Gasteiger partial charge in [0, 0.05) is 5.71 Å². The zero-order valence-corrected chi connectivity index (χ0v) is 17.9. The molecule has 0 bridgehead atoms. The summed E-state index contributed by atoms with van der Waals surface area (Å²) in [6, 6.07) is 26.1. The zero-order valence-electron chi connectivity index (χ0n) is 17.9. The first-order valence-corrected chi connectivity index (χ1v) is 10.7. The van der Waals surface area contributed by atoms with E-state index in [0.717, 1.165) is 24.1 Å². The Balaban J connectivity index is 1.49. The van der Waals surface area contributed by atoms with Crippen LogP contribution in [0.1, 0.15) is 55.0 Å². The Hall–Kier alpha value is -3.20. The van der Waals surface area contributed by atoms with Gasteiger partial charge in [-0.1, -0.05) is 78.0 Å². The van der Waals surface area contributed by atoms with Crippen molar-refractivity contribution in [2.75, 3.05) is 6.61 Å². The normalized spacial score (nSPS) is 16.4. The molecule has 1 unspecified atom stereocenters. The first-order chi connectivity index (χ1) is 14.7. The second-order valence-electron chi connectivity index (χ2n) is 7.74. The number of benzene rings is 3. The number of hydrogen-bond acceptors (Lipinski definition) is 3. The maximum Gasteiger partial charge on any atom is 0.114 e. The summed E-state index contributed by atoms with van der Waals surface area (Å²) in [6.07, 6.45) is 2.12. The van der Waals surface area contributed by atoms with Gasteiger partial charge in [0.2, 0.25) is 0 Å². The molecule has 0 aliphatic carbocycles. The number of aliphatic imine (C=N–C) groups is 1. The summed E-state index contributed by atoms with van der Waals surface area (Å²) in [7, 11) is 0. The van der Waals surface area contributed by atoms with Crippen molar-refractivity contribution < 1.29 is 4.84 Å². The molecule has 0 N–H and O–H groups in total. The van der Waals surface area contributed by atoms with Crippen LogP contribution < -0.4 is 0 Å². The number of hydrogen-bond donors (Lipinski definition) is 0. The molecule has 0 fully saturated rings. The van der Waals surface area contributed by atoms with Crippen molar-refractivity contribution >= 4 is 11.4 Å². The van der Waals surface area contributed by atoms with E-state index >= 15 is 0 Å². The van der Waals surface area contributed by atoms with Crippen LogP contribution in [0, 0.1) is 6.92 Å². The van der Waals surface area contributed by atoms with Gasteiger partial charge in [0.15, 0.2) is 0 Å². The van der Waals surface area contributed by atoms with Crippen LogP contribution in [0.25, 0.3) is 11.1 Å². The third-order valence-corrected chi connectivity index (χ3v) is 5.68. The Morgan fingerprint density at radius 2 is 1.63 bits per heavy atom. The van der Waals surface area contributed by atoms with Gasteiger partial charge in [-0.15, -0.1) is 0 Å². The van der Waals surface area contributed by atoms with Crippen LogP contribution in [0.4, 0.5) is 0 Å². The summed E-state index contributed by atoms with van der Waals surface area (Å²) < 4.78 is 0. The summed E-state index contributed by atoms with van der Waals surface area (Å²) >= 11 is 0. The molecule has 0 radical (unpaired) electrons. The minimum Gasteiger partial charge on any atom is -0.396 e. The Bertz CT molecular complexity index is 1060. The molecule has 0 aromatic heterocycles. The van der Waals surface area contributed by atoms with Crippen molar-refractivity contribution in [3.05, 3.63) is 95.1 Å². The van der Waals surface area contributed by atoms with E-state index in [-0.39, 0.29) is 6.04 Å². The van der Waals surface area contributed by atoms with E-state index in [1.807, 2.05) is 13.8 Å². The van der Waals surface area contributed by atoms with Gasteiger partial charge in [0.1, 0.15) is 6.61 Å². The smallest absolute Gasteiger partial charge is 0.114 e. The SMILES string of the molecule is CCO/N=C(/C)c1ccc(-c2ccc(C3CCC(c4ccccc4C)=N3)cc2)cc1. The molecular formula is C27H28N2O. The average Bonchev–Trinajstić information content (AvgIpc) is 3.28. The molecule has 3 heteroatoms. The molecule has 1 aliphatic rings. The molecule has 4 rings (SSSR count). The van der Waals surface area contributed by atoms with Crippen LogP contribution in [0.5, 0.6) is 0 Å². The highest BCUT2D eigenvalue weighted by atomic mass is 16.6. The van der Waals surface area contributed by atoms with E-state index in [1.165, 1.54) is 33.5 Å². The topological polar surface area (TPSA) is 34.0 Å². The molecule has 152 valence electrons. The van der Waals surface area contributed by atoms with Crippen LogP contribution in [0.2, 0.25) is 0 Å². The summed E-state index contributed by atoms with van der Waals surface area (Å²) in [5, 5.41) is 4.11. The lowest BCUT2D eigenvalue weighted by atomic mass is 9.98. The number of aryl methyl sites for hydroxylation is 1. The van der Waals surface area contributed by atoms with Crippen molar-refractivity contribution in [2.24, 2.45) is 10.1 Å². The molecule has 1 aliphatic heterocycles. The van der Waals surface area contributed by atoms with Gasteiger partial charge < -0.3 is 4.84 Å². The summed E-state index contributed by atoms with van der Waals surface area (Å²) in [4.78, 5) is 10.2. The monoisotopic (exact) mass is 396 g/mol. The highest BCUT2D eigenvalue weighted by Crippen LogP contribution is 2.33. The predicted octanol–water partition coefficient (Wildman–Crippen LogP) is 6.75. The fraction of sp³-hybridized carbons (Fsp3) is 0.259. The van der Waals surface area contributed by atoms with Gasteiger partial charge >= 0.3 is 0 Å². The summed E-state index contributed by atoms with van der Waals surface area (Å²) in [5.41, 5.74) is 9.50. The van der Waals surface area contributed by atoms with Gasteiger partial charge in [-0.3, -0.25) is 4.99 Å². The fourth-order valence-corrected chi connectivity index (χ4v) is 3.95. The molecule has 30 heavy (non-hydrogen) atoms. The van der Waals surface area contributed by atoms with Gasteiger partial charge in [-0.2, -0.15) is 0 Å². The van der Waals surface area contributed by atoms with Crippen molar-refractivity contribution in [3.63, 3.8) is 0 Å². The lowest BCUT2D eigenvalue weighted by molar-refractivity contribution is 0.159. The third kappa shape index (κ3) is 4.35. The summed E-state index contributed by atoms with van der Waals surface area (Å²) in [5.74, 6) is 0. The van der Waals surface area contributed by atoms with Crippen molar-refractivity contribution in [1.82, 2.24) is 0 Å². The van der Waals surface area contributed by atoms with Crippen LogP contribution in [-0.2, 0) is 4.84 Å². The highest BCUT2D eigenvalue weighted by molar-refractivity contribution is 6.03. The minimum absolute atomic E-state index is 0.258. The number of oxime groups is 1.